The molecule has 0 N–H and O–H groups in total. The number of benzene rings is 1. The maximum Gasteiger partial charge on any atom is 0.226 e. The van der Waals surface area contributed by atoms with Crippen LogP contribution in [0.2, 0.25) is 0 Å². The van der Waals surface area contributed by atoms with Crippen LogP contribution in [0.25, 0.3) is 0 Å². The molecule has 3 heteroatoms. The molecule has 3 rings (SSSR count). The van der Waals surface area contributed by atoms with Crippen molar-refractivity contribution in [1.29, 1.82) is 0 Å². The van der Waals surface area contributed by atoms with Crippen molar-refractivity contribution >= 4 is 5.91 Å². The highest BCUT2D eigenvalue weighted by molar-refractivity contribution is 5.79. The number of rotatable bonds is 3. The summed E-state index contributed by atoms with van der Waals surface area (Å²) in [5.74, 6) is 0.630. The van der Waals surface area contributed by atoms with Gasteiger partial charge in [0.25, 0.3) is 0 Å². The van der Waals surface area contributed by atoms with E-state index < -0.39 is 0 Å². The summed E-state index contributed by atoms with van der Waals surface area (Å²) in [6.45, 7) is 7.13. The molecular weight excluding hydrogens is 272 g/mol. The van der Waals surface area contributed by atoms with E-state index in [-0.39, 0.29) is 5.92 Å². The van der Waals surface area contributed by atoms with E-state index in [1.807, 2.05) is 0 Å². The Morgan fingerprint density at radius 3 is 2.73 bits per heavy atom. The molecule has 0 aromatic heterocycles. The Labute approximate surface area is 134 Å². The molecule has 0 spiro atoms. The van der Waals surface area contributed by atoms with Crippen molar-refractivity contribution in [3.05, 3.63) is 35.4 Å². The quantitative estimate of drug-likeness (QED) is 0.856. The van der Waals surface area contributed by atoms with Crippen molar-refractivity contribution in [2.24, 2.45) is 5.92 Å². The van der Waals surface area contributed by atoms with Gasteiger partial charge in [0, 0.05) is 26.2 Å². The number of likely N-dealkylation sites (tertiary alicyclic amines) is 2. The summed E-state index contributed by atoms with van der Waals surface area (Å²) in [6, 6.07) is 8.73. The van der Waals surface area contributed by atoms with Gasteiger partial charge in [-0.1, -0.05) is 29.8 Å². The highest BCUT2D eigenvalue weighted by Gasteiger charge is 2.29. The summed E-state index contributed by atoms with van der Waals surface area (Å²) in [5, 5.41) is 0. The van der Waals surface area contributed by atoms with E-state index in [0.717, 1.165) is 45.6 Å². The molecule has 0 radical (unpaired) electrons. The average Bonchev–Trinajstić information content (AvgIpc) is 2.55. The van der Waals surface area contributed by atoms with Gasteiger partial charge < -0.3 is 4.90 Å². The second-order valence-corrected chi connectivity index (χ2v) is 6.95. The highest BCUT2D eigenvalue weighted by atomic mass is 16.2. The predicted octanol–water partition coefficient (Wildman–Crippen LogP) is 3.22. The van der Waals surface area contributed by atoms with Crippen molar-refractivity contribution in [3.8, 4) is 0 Å². The van der Waals surface area contributed by atoms with Gasteiger partial charge in [-0.2, -0.15) is 0 Å². The van der Waals surface area contributed by atoms with Gasteiger partial charge in [-0.25, -0.2) is 0 Å². The maximum atomic E-state index is 12.7. The number of amides is 1. The standard InChI is InChI=1S/C19H28N2O/c1-16-7-5-8-17(13-16)14-20-10-6-9-18(15-20)19(22)21-11-3-2-4-12-21/h5,7-8,13,18H,2-4,6,9-12,14-15H2,1H3. The van der Waals surface area contributed by atoms with Crippen LogP contribution in [0.5, 0.6) is 0 Å². The smallest absolute Gasteiger partial charge is 0.226 e. The van der Waals surface area contributed by atoms with Gasteiger partial charge in [-0.15, -0.1) is 0 Å². The normalized spacial score (nSPS) is 23.5. The van der Waals surface area contributed by atoms with Gasteiger partial charge in [0.1, 0.15) is 0 Å². The predicted molar refractivity (Wildman–Crippen MR) is 89.6 cm³/mol. The number of piperidine rings is 2. The zero-order valence-electron chi connectivity index (χ0n) is 13.8. The minimum atomic E-state index is 0.219. The summed E-state index contributed by atoms with van der Waals surface area (Å²) in [6.07, 6.45) is 5.88. The van der Waals surface area contributed by atoms with Crippen LogP contribution in [0.4, 0.5) is 0 Å². The van der Waals surface area contributed by atoms with Gasteiger partial charge in [-0.3, -0.25) is 9.69 Å². The summed E-state index contributed by atoms with van der Waals surface area (Å²) in [4.78, 5) is 17.3. The summed E-state index contributed by atoms with van der Waals surface area (Å²) >= 11 is 0. The van der Waals surface area contributed by atoms with E-state index in [2.05, 4.69) is 41.0 Å². The summed E-state index contributed by atoms with van der Waals surface area (Å²) in [7, 11) is 0. The van der Waals surface area contributed by atoms with Gasteiger partial charge in [0.2, 0.25) is 5.91 Å². The van der Waals surface area contributed by atoms with E-state index in [0.29, 0.717) is 5.91 Å². The third kappa shape index (κ3) is 3.89. The van der Waals surface area contributed by atoms with E-state index in [4.69, 9.17) is 0 Å². The number of aryl methyl sites for hydroxylation is 1. The lowest BCUT2D eigenvalue weighted by molar-refractivity contribution is -0.138. The Bertz CT molecular complexity index is 508. The lowest BCUT2D eigenvalue weighted by Gasteiger charge is -2.36. The Balaban J connectivity index is 1.57. The minimum absolute atomic E-state index is 0.219. The number of carbonyl (C=O) groups excluding carboxylic acids is 1. The number of nitrogens with zero attached hydrogens (tertiary/aromatic N) is 2. The second-order valence-electron chi connectivity index (χ2n) is 6.95. The molecule has 0 saturated carbocycles. The molecule has 1 amide bonds. The molecule has 22 heavy (non-hydrogen) atoms. The first-order valence-electron chi connectivity index (χ1n) is 8.79. The summed E-state index contributed by atoms with van der Waals surface area (Å²) < 4.78 is 0. The van der Waals surface area contributed by atoms with Gasteiger partial charge in [0.05, 0.1) is 5.92 Å². The summed E-state index contributed by atoms with van der Waals surface area (Å²) in [5.41, 5.74) is 2.68. The largest absolute Gasteiger partial charge is 0.342 e. The Kier molecular flexibility index (Phi) is 5.14. The first-order chi connectivity index (χ1) is 10.7. The first-order valence-corrected chi connectivity index (χ1v) is 8.79. The van der Waals surface area contributed by atoms with E-state index in [9.17, 15) is 4.79 Å². The molecule has 1 atom stereocenters. The van der Waals surface area contributed by atoms with E-state index in [1.54, 1.807) is 0 Å². The Morgan fingerprint density at radius 1 is 1.14 bits per heavy atom. The Hall–Kier alpha value is -1.35. The molecule has 3 nitrogen and oxygen atoms in total. The van der Waals surface area contributed by atoms with Crippen LogP contribution in [0.15, 0.2) is 24.3 Å². The average molecular weight is 300 g/mol. The molecule has 0 bridgehead atoms. The second kappa shape index (κ2) is 7.28. The molecule has 1 aromatic rings. The molecule has 2 heterocycles. The van der Waals surface area contributed by atoms with Crippen LogP contribution in [0.3, 0.4) is 0 Å². The van der Waals surface area contributed by atoms with Crippen LogP contribution >= 0.6 is 0 Å². The molecule has 120 valence electrons. The molecule has 2 fully saturated rings. The van der Waals surface area contributed by atoms with Gasteiger partial charge >= 0.3 is 0 Å². The SMILES string of the molecule is Cc1cccc(CN2CCCC(C(=O)N3CCCCC3)C2)c1. The fourth-order valence-electron chi connectivity index (χ4n) is 3.84. The van der Waals surface area contributed by atoms with Crippen molar-refractivity contribution in [2.75, 3.05) is 26.2 Å². The van der Waals surface area contributed by atoms with Crippen molar-refractivity contribution < 1.29 is 4.79 Å². The first kappa shape index (κ1) is 15.5. The molecule has 1 unspecified atom stereocenters. The molecule has 1 aromatic carbocycles. The molecule has 2 aliphatic heterocycles. The van der Waals surface area contributed by atoms with E-state index >= 15 is 0 Å². The van der Waals surface area contributed by atoms with E-state index in [1.165, 1.54) is 30.4 Å². The van der Waals surface area contributed by atoms with Crippen molar-refractivity contribution in [1.82, 2.24) is 9.80 Å². The zero-order valence-corrected chi connectivity index (χ0v) is 13.8. The monoisotopic (exact) mass is 300 g/mol. The van der Waals surface area contributed by atoms with Crippen LogP contribution in [-0.4, -0.2) is 41.9 Å². The zero-order chi connectivity index (χ0) is 15.4. The molecular formula is C19H28N2O. The van der Waals surface area contributed by atoms with Gasteiger partial charge in [0.15, 0.2) is 0 Å². The maximum absolute atomic E-state index is 12.7. The molecule has 2 aliphatic rings. The van der Waals surface area contributed by atoms with Gasteiger partial charge in [-0.05, 0) is 51.1 Å². The number of carbonyl (C=O) groups is 1. The highest BCUT2D eigenvalue weighted by Crippen LogP contribution is 2.22. The Morgan fingerprint density at radius 2 is 1.95 bits per heavy atom. The fourth-order valence-corrected chi connectivity index (χ4v) is 3.84. The number of hydrogen-bond donors (Lipinski definition) is 0. The third-order valence-corrected chi connectivity index (χ3v) is 5.01. The van der Waals surface area contributed by atoms with Crippen LogP contribution in [0, 0.1) is 12.8 Å². The molecule has 2 saturated heterocycles. The van der Waals surface area contributed by atoms with Crippen LogP contribution < -0.4 is 0 Å². The van der Waals surface area contributed by atoms with Crippen molar-refractivity contribution in [2.45, 2.75) is 45.6 Å². The fraction of sp³-hybridized carbons (Fsp3) is 0.632. The topological polar surface area (TPSA) is 23.6 Å². The lowest BCUT2D eigenvalue weighted by atomic mass is 9.95. The van der Waals surface area contributed by atoms with Crippen molar-refractivity contribution in [3.63, 3.8) is 0 Å². The minimum Gasteiger partial charge on any atom is -0.342 e. The molecule has 0 aliphatic carbocycles. The third-order valence-electron chi connectivity index (χ3n) is 5.01. The number of hydrogen-bond acceptors (Lipinski definition) is 2. The van der Waals surface area contributed by atoms with Crippen LogP contribution in [-0.2, 0) is 11.3 Å². The lowest BCUT2D eigenvalue weighted by Crippen LogP contribution is -2.46. The van der Waals surface area contributed by atoms with Crippen LogP contribution in [0.1, 0.15) is 43.2 Å².